The number of non-ortho nitro benzene ring substituents is 2. The number of nitrogens with one attached hydrogen (secondary N) is 1. The average Bonchev–Trinajstić information content (AvgIpc) is 3.59. The molecule has 0 unspecified atom stereocenters. The van der Waals surface area contributed by atoms with Gasteiger partial charge < -0.3 is 9.72 Å². The molecular weight excluding hydrogens is 721 g/mol. The van der Waals surface area contributed by atoms with E-state index in [1.807, 2.05) is 54.7 Å². The van der Waals surface area contributed by atoms with E-state index in [2.05, 4.69) is 27.6 Å². The van der Waals surface area contributed by atoms with Crippen LogP contribution in [0.2, 0.25) is 0 Å². The number of carbonyl (C=O) groups excluding carboxylic acids is 1. The fraction of sp³-hybridized carbons (Fsp3) is 0.0909. The number of aliphatic imine (C=N–C) groups is 1. The van der Waals surface area contributed by atoms with Gasteiger partial charge in [-0.15, -0.1) is 0 Å². The first kappa shape index (κ1) is 31.0. The summed E-state index contributed by atoms with van der Waals surface area (Å²) in [4.78, 5) is 45.0. The van der Waals surface area contributed by atoms with Crippen molar-refractivity contribution in [2.45, 2.75) is 13.0 Å². The minimum Gasteiger partial charge on any atom is -0.488 e. The number of thioether (sulfide) groups is 1. The number of nitrogens with zero attached hydrogens (tertiary/aromatic N) is 4. The number of halogens is 1. The van der Waals surface area contributed by atoms with E-state index in [9.17, 15) is 25.0 Å². The number of rotatable bonds is 10. The minimum absolute atomic E-state index is 0.0209. The van der Waals surface area contributed by atoms with Crippen LogP contribution in [0.25, 0.3) is 17.0 Å². The molecule has 2 heterocycles. The van der Waals surface area contributed by atoms with E-state index in [4.69, 9.17) is 9.73 Å². The van der Waals surface area contributed by atoms with E-state index in [1.54, 1.807) is 29.2 Å². The number of fused-ring (bicyclic) bond motifs is 1. The molecule has 6 rings (SSSR count). The second-order valence-electron chi connectivity index (χ2n) is 10.2. The van der Waals surface area contributed by atoms with Crippen LogP contribution in [0.4, 0.5) is 17.1 Å². The Morgan fingerprint density at radius 2 is 1.63 bits per heavy atom. The molecule has 1 aliphatic rings. The van der Waals surface area contributed by atoms with E-state index in [1.165, 1.54) is 36.0 Å². The van der Waals surface area contributed by atoms with Crippen molar-refractivity contribution in [3.05, 3.63) is 143 Å². The standard InChI is InChI=1S/C33H24IN5O6S/c34-28-17-22(7-14-30(28)45-20-21-5-10-25(11-6-21)38(41)42)18-31-32(40)37(16-15-23-19-35-29-4-2-1-3-27(23)29)33(46-31)36-24-8-12-26(13-9-24)39(43)44/h1-14,17-19,35H,15-16,20H2/b31-18-,36-33?. The third-order valence-corrected chi connectivity index (χ3v) is 9.10. The highest BCUT2D eigenvalue weighted by molar-refractivity contribution is 14.1. The Hall–Kier alpha value is -5.02. The first-order valence-corrected chi connectivity index (χ1v) is 15.9. The first-order chi connectivity index (χ1) is 22.2. The molecule has 11 nitrogen and oxygen atoms in total. The van der Waals surface area contributed by atoms with E-state index < -0.39 is 9.85 Å². The molecule has 1 fully saturated rings. The number of nitro benzene ring substituents is 2. The molecule has 1 saturated heterocycles. The highest BCUT2D eigenvalue weighted by Crippen LogP contribution is 2.36. The highest BCUT2D eigenvalue weighted by atomic mass is 127. The molecule has 1 amide bonds. The number of H-pyrrole nitrogens is 1. The van der Waals surface area contributed by atoms with Crippen molar-refractivity contribution in [2.24, 2.45) is 4.99 Å². The second-order valence-corrected chi connectivity index (χ2v) is 12.4. The Morgan fingerprint density at radius 1 is 0.935 bits per heavy atom. The summed E-state index contributed by atoms with van der Waals surface area (Å²) in [5.74, 6) is 0.464. The van der Waals surface area contributed by atoms with Crippen LogP contribution < -0.4 is 4.74 Å². The zero-order valence-corrected chi connectivity index (χ0v) is 26.9. The van der Waals surface area contributed by atoms with Gasteiger partial charge in [-0.05, 0) is 106 Å². The van der Waals surface area contributed by atoms with Crippen molar-refractivity contribution < 1.29 is 19.4 Å². The largest absolute Gasteiger partial charge is 0.488 e. The van der Waals surface area contributed by atoms with Crippen LogP contribution in [-0.2, 0) is 17.8 Å². The van der Waals surface area contributed by atoms with Crippen LogP contribution in [0.3, 0.4) is 0 Å². The van der Waals surface area contributed by atoms with Gasteiger partial charge in [-0.2, -0.15) is 0 Å². The van der Waals surface area contributed by atoms with Crippen molar-refractivity contribution in [2.75, 3.05) is 6.54 Å². The molecule has 0 saturated carbocycles. The predicted molar refractivity (Wildman–Crippen MR) is 186 cm³/mol. The Bertz CT molecular complexity index is 2020. The van der Waals surface area contributed by atoms with Gasteiger partial charge in [-0.25, -0.2) is 4.99 Å². The molecule has 0 radical (unpaired) electrons. The van der Waals surface area contributed by atoms with Gasteiger partial charge in [0.1, 0.15) is 12.4 Å². The van der Waals surface area contributed by atoms with Gasteiger partial charge in [0, 0.05) is 47.9 Å². The highest BCUT2D eigenvalue weighted by Gasteiger charge is 2.33. The molecule has 1 aromatic heterocycles. The number of nitro groups is 2. The number of carbonyl (C=O) groups is 1. The van der Waals surface area contributed by atoms with Gasteiger partial charge in [0.2, 0.25) is 0 Å². The maximum atomic E-state index is 13.7. The maximum Gasteiger partial charge on any atom is 0.269 e. The molecule has 0 spiro atoms. The van der Waals surface area contributed by atoms with Crippen molar-refractivity contribution in [3.8, 4) is 5.75 Å². The third kappa shape index (κ3) is 6.94. The lowest BCUT2D eigenvalue weighted by Gasteiger charge is -2.15. The number of para-hydroxylation sites is 1. The topological polar surface area (TPSA) is 144 Å². The lowest BCUT2D eigenvalue weighted by Crippen LogP contribution is -2.31. The number of aromatic nitrogens is 1. The summed E-state index contributed by atoms with van der Waals surface area (Å²) >= 11 is 3.42. The molecule has 0 bridgehead atoms. The fourth-order valence-corrected chi connectivity index (χ4v) is 6.59. The lowest BCUT2D eigenvalue weighted by molar-refractivity contribution is -0.385. The first-order valence-electron chi connectivity index (χ1n) is 14.0. The van der Waals surface area contributed by atoms with Crippen LogP contribution >= 0.6 is 34.4 Å². The normalized spacial score (nSPS) is 14.8. The number of aromatic amines is 1. The third-order valence-electron chi connectivity index (χ3n) is 7.25. The molecule has 4 aromatic carbocycles. The summed E-state index contributed by atoms with van der Waals surface area (Å²) in [6, 6.07) is 25.7. The van der Waals surface area contributed by atoms with Gasteiger partial charge in [0.05, 0.1) is 24.0 Å². The van der Waals surface area contributed by atoms with Gasteiger partial charge in [0.25, 0.3) is 17.3 Å². The number of amidine groups is 1. The molecule has 0 aliphatic carbocycles. The van der Waals surface area contributed by atoms with Crippen molar-refractivity contribution in [1.29, 1.82) is 0 Å². The molecule has 1 N–H and O–H groups in total. The number of amides is 1. The Balaban J connectivity index is 1.22. The molecule has 13 heteroatoms. The summed E-state index contributed by atoms with van der Waals surface area (Å²) in [6.07, 6.45) is 4.36. The minimum atomic E-state index is -0.466. The Labute approximate surface area is 280 Å². The van der Waals surface area contributed by atoms with Crippen molar-refractivity contribution in [3.63, 3.8) is 0 Å². The predicted octanol–water partition coefficient (Wildman–Crippen LogP) is 8.01. The number of benzene rings is 4. The summed E-state index contributed by atoms with van der Waals surface area (Å²) in [7, 11) is 0. The van der Waals surface area contributed by atoms with Crippen molar-refractivity contribution >= 4 is 79.5 Å². The monoisotopic (exact) mass is 745 g/mol. The molecule has 46 heavy (non-hydrogen) atoms. The Morgan fingerprint density at radius 3 is 2.33 bits per heavy atom. The maximum absolute atomic E-state index is 13.7. The summed E-state index contributed by atoms with van der Waals surface area (Å²) < 4.78 is 6.78. The summed E-state index contributed by atoms with van der Waals surface area (Å²) in [5, 5.41) is 23.6. The second kappa shape index (κ2) is 13.5. The molecule has 5 aromatic rings. The van der Waals surface area contributed by atoms with Crippen LogP contribution in [0.1, 0.15) is 16.7 Å². The SMILES string of the molecule is O=C1/C(=C/c2ccc(OCc3ccc([N+](=O)[O-])cc3)c(I)c2)SC(=Nc2ccc([N+](=O)[O-])cc2)N1CCc1c[nH]c2ccccc12. The van der Waals surface area contributed by atoms with Gasteiger partial charge in [0.15, 0.2) is 5.17 Å². The van der Waals surface area contributed by atoms with Crippen LogP contribution in [-0.4, -0.2) is 37.4 Å². The zero-order chi connectivity index (χ0) is 32.2. The summed E-state index contributed by atoms with van der Waals surface area (Å²) in [5.41, 5.74) is 4.19. The molecule has 0 atom stereocenters. The van der Waals surface area contributed by atoms with Crippen LogP contribution in [0.15, 0.2) is 107 Å². The van der Waals surface area contributed by atoms with E-state index >= 15 is 0 Å². The zero-order valence-electron chi connectivity index (χ0n) is 24.0. The number of hydrogen-bond donors (Lipinski definition) is 1. The van der Waals surface area contributed by atoms with Crippen LogP contribution in [0.5, 0.6) is 5.75 Å². The van der Waals surface area contributed by atoms with E-state index in [0.717, 1.165) is 31.2 Å². The van der Waals surface area contributed by atoms with Gasteiger partial charge >= 0.3 is 0 Å². The van der Waals surface area contributed by atoms with E-state index in [0.29, 0.717) is 34.5 Å². The van der Waals surface area contributed by atoms with Gasteiger partial charge in [-0.1, -0.05) is 24.3 Å². The number of ether oxygens (including phenoxy) is 1. The molecule has 1 aliphatic heterocycles. The average molecular weight is 746 g/mol. The Kier molecular flexibility index (Phi) is 9.12. The summed E-state index contributed by atoms with van der Waals surface area (Å²) in [6.45, 7) is 0.639. The number of hydrogen-bond acceptors (Lipinski definition) is 8. The molecule has 230 valence electrons. The molecular formula is C33H24IN5O6S. The van der Waals surface area contributed by atoms with E-state index in [-0.39, 0.29) is 23.9 Å². The van der Waals surface area contributed by atoms with Gasteiger partial charge in [-0.3, -0.25) is 29.9 Å². The van der Waals surface area contributed by atoms with Crippen LogP contribution in [0, 0.1) is 23.8 Å². The van der Waals surface area contributed by atoms with Crippen molar-refractivity contribution in [1.82, 2.24) is 9.88 Å². The lowest BCUT2D eigenvalue weighted by atomic mass is 10.1. The smallest absolute Gasteiger partial charge is 0.269 e. The quantitative estimate of drug-likeness (QED) is 0.0660. The fourth-order valence-electron chi connectivity index (χ4n) is 4.87.